The van der Waals surface area contributed by atoms with E-state index in [1.807, 2.05) is 31.2 Å². The lowest BCUT2D eigenvalue weighted by Crippen LogP contribution is -2.44. The van der Waals surface area contributed by atoms with E-state index in [-0.39, 0.29) is 24.2 Å². The zero-order valence-corrected chi connectivity index (χ0v) is 12.9. The van der Waals surface area contributed by atoms with Crippen LogP contribution in [-0.4, -0.2) is 44.0 Å². The van der Waals surface area contributed by atoms with Gasteiger partial charge in [-0.3, -0.25) is 4.79 Å². The van der Waals surface area contributed by atoms with Crippen LogP contribution in [0.3, 0.4) is 0 Å². The van der Waals surface area contributed by atoms with Crippen LogP contribution in [-0.2, 0) is 21.2 Å². The molecule has 0 bridgehead atoms. The molecule has 6 heteroatoms. The Labute approximate surface area is 120 Å². The van der Waals surface area contributed by atoms with E-state index in [4.69, 9.17) is 0 Å². The fourth-order valence-corrected chi connectivity index (χ4v) is 3.28. The Morgan fingerprint density at radius 3 is 2.70 bits per heavy atom. The molecule has 1 aromatic rings. The summed E-state index contributed by atoms with van der Waals surface area (Å²) in [5, 5.41) is 0. The number of amides is 1. The lowest BCUT2D eigenvalue weighted by atomic mass is 10.1. The molecule has 1 amide bonds. The Morgan fingerprint density at radius 2 is 2.05 bits per heavy atom. The molecular weight excluding hydrogens is 276 g/mol. The van der Waals surface area contributed by atoms with Crippen LogP contribution in [0.5, 0.6) is 0 Å². The van der Waals surface area contributed by atoms with E-state index in [0.717, 1.165) is 22.0 Å². The van der Waals surface area contributed by atoms with Gasteiger partial charge in [-0.15, -0.1) is 0 Å². The van der Waals surface area contributed by atoms with Gasteiger partial charge in [0, 0.05) is 18.8 Å². The summed E-state index contributed by atoms with van der Waals surface area (Å²) in [5.41, 5.74) is 2.03. The molecule has 0 N–H and O–H groups in total. The summed E-state index contributed by atoms with van der Waals surface area (Å²) in [4.78, 5) is 14.1. The average molecular weight is 296 g/mol. The van der Waals surface area contributed by atoms with Crippen LogP contribution in [0.25, 0.3) is 0 Å². The molecule has 0 saturated heterocycles. The molecule has 1 aromatic carbocycles. The third kappa shape index (κ3) is 2.71. The molecule has 1 heterocycles. The lowest BCUT2D eigenvalue weighted by molar-refractivity contribution is -0.118. The van der Waals surface area contributed by atoms with E-state index in [2.05, 4.69) is 0 Å². The maximum atomic E-state index is 12.4. The Hall–Kier alpha value is -1.40. The second kappa shape index (κ2) is 5.54. The van der Waals surface area contributed by atoms with Crippen molar-refractivity contribution >= 4 is 21.6 Å². The number of carbonyl (C=O) groups is 1. The van der Waals surface area contributed by atoms with Gasteiger partial charge in [0.2, 0.25) is 15.9 Å². The third-order valence-corrected chi connectivity index (χ3v) is 5.48. The van der Waals surface area contributed by atoms with E-state index < -0.39 is 10.0 Å². The van der Waals surface area contributed by atoms with Gasteiger partial charge in [-0.05, 0) is 31.9 Å². The predicted octanol–water partition coefficient (Wildman–Crippen LogP) is 1.25. The smallest absolute Gasteiger partial charge is 0.242 e. The minimum Gasteiger partial charge on any atom is -0.308 e. The monoisotopic (exact) mass is 296 g/mol. The van der Waals surface area contributed by atoms with Crippen molar-refractivity contribution in [1.82, 2.24) is 4.31 Å². The van der Waals surface area contributed by atoms with E-state index in [0.29, 0.717) is 0 Å². The molecule has 0 aromatic heterocycles. The third-order valence-electron chi connectivity index (χ3n) is 3.67. The summed E-state index contributed by atoms with van der Waals surface area (Å²) in [6, 6.07) is 7.82. The minimum atomic E-state index is -3.33. The highest BCUT2D eigenvalue weighted by Crippen LogP contribution is 2.31. The topological polar surface area (TPSA) is 57.7 Å². The second-order valence-corrected chi connectivity index (χ2v) is 7.47. The Bertz CT molecular complexity index is 613. The molecule has 0 aliphatic carbocycles. The van der Waals surface area contributed by atoms with Crippen LogP contribution in [0.1, 0.15) is 19.4 Å². The highest BCUT2D eigenvalue weighted by Gasteiger charge is 2.32. The number of hydrogen-bond donors (Lipinski definition) is 0. The van der Waals surface area contributed by atoms with Gasteiger partial charge in [0.25, 0.3) is 0 Å². The zero-order chi connectivity index (χ0) is 14.9. The molecule has 5 nitrogen and oxygen atoms in total. The number of hydrogen-bond acceptors (Lipinski definition) is 3. The first kappa shape index (κ1) is 15.0. The quantitative estimate of drug-likeness (QED) is 0.840. The molecule has 0 fully saturated rings. The summed E-state index contributed by atoms with van der Waals surface area (Å²) < 4.78 is 24.6. The number of nitrogens with zero attached hydrogens (tertiary/aromatic N) is 2. The largest absolute Gasteiger partial charge is 0.308 e. The SMILES string of the molecule is CCS(=O)(=O)N(C)CC(=O)N1c2ccccc2C[C@@H]1C. The first-order chi connectivity index (χ1) is 9.36. The van der Waals surface area contributed by atoms with Gasteiger partial charge in [0.1, 0.15) is 0 Å². The first-order valence-corrected chi connectivity index (χ1v) is 8.31. The van der Waals surface area contributed by atoms with Gasteiger partial charge in [-0.2, -0.15) is 4.31 Å². The van der Waals surface area contributed by atoms with Crippen LogP contribution in [0, 0.1) is 0 Å². The maximum absolute atomic E-state index is 12.4. The molecule has 0 saturated carbocycles. The van der Waals surface area contributed by atoms with Crippen molar-refractivity contribution in [3.05, 3.63) is 29.8 Å². The summed E-state index contributed by atoms with van der Waals surface area (Å²) >= 11 is 0. The van der Waals surface area contributed by atoms with Crippen molar-refractivity contribution in [3.8, 4) is 0 Å². The lowest BCUT2D eigenvalue weighted by Gasteiger charge is -2.25. The van der Waals surface area contributed by atoms with Gasteiger partial charge >= 0.3 is 0 Å². The first-order valence-electron chi connectivity index (χ1n) is 6.70. The molecule has 1 atom stereocenters. The summed E-state index contributed by atoms with van der Waals surface area (Å²) in [6.45, 7) is 3.44. The number of benzene rings is 1. The van der Waals surface area contributed by atoms with Crippen LogP contribution in [0.4, 0.5) is 5.69 Å². The fraction of sp³-hybridized carbons (Fsp3) is 0.500. The number of fused-ring (bicyclic) bond motifs is 1. The molecule has 2 rings (SSSR count). The molecule has 1 aliphatic heterocycles. The molecule has 0 radical (unpaired) electrons. The highest BCUT2D eigenvalue weighted by molar-refractivity contribution is 7.89. The van der Waals surface area contributed by atoms with E-state index in [1.165, 1.54) is 7.05 Å². The number of carbonyl (C=O) groups excluding carboxylic acids is 1. The number of rotatable bonds is 4. The van der Waals surface area contributed by atoms with Crippen molar-refractivity contribution < 1.29 is 13.2 Å². The molecule has 0 spiro atoms. The highest BCUT2D eigenvalue weighted by atomic mass is 32.2. The molecule has 20 heavy (non-hydrogen) atoms. The molecule has 110 valence electrons. The number of para-hydroxylation sites is 1. The summed E-state index contributed by atoms with van der Waals surface area (Å²) in [7, 11) is -1.88. The van der Waals surface area contributed by atoms with E-state index in [1.54, 1.807) is 11.8 Å². The van der Waals surface area contributed by atoms with E-state index >= 15 is 0 Å². The Morgan fingerprint density at radius 1 is 1.40 bits per heavy atom. The van der Waals surface area contributed by atoms with Gasteiger partial charge in [0.15, 0.2) is 0 Å². The molecule has 1 aliphatic rings. The standard InChI is InChI=1S/C14H20N2O3S/c1-4-20(18,19)15(3)10-14(17)16-11(2)9-12-7-5-6-8-13(12)16/h5-8,11H,4,9-10H2,1-3H3/t11-/m0/s1. The summed E-state index contributed by atoms with van der Waals surface area (Å²) in [5.74, 6) is -0.176. The van der Waals surface area contributed by atoms with Gasteiger partial charge in [-0.1, -0.05) is 18.2 Å². The normalized spacial score (nSPS) is 18.4. The van der Waals surface area contributed by atoms with Crippen molar-refractivity contribution in [2.24, 2.45) is 0 Å². The van der Waals surface area contributed by atoms with Gasteiger partial charge in [0.05, 0.1) is 12.3 Å². The van der Waals surface area contributed by atoms with Crippen molar-refractivity contribution in [1.29, 1.82) is 0 Å². The summed E-state index contributed by atoms with van der Waals surface area (Å²) in [6.07, 6.45) is 0.812. The average Bonchev–Trinajstić information content (AvgIpc) is 2.74. The molecular formula is C14H20N2O3S. The number of likely N-dealkylation sites (N-methyl/N-ethyl adjacent to an activating group) is 1. The van der Waals surface area contributed by atoms with Gasteiger partial charge in [-0.25, -0.2) is 8.42 Å². The van der Waals surface area contributed by atoms with Crippen molar-refractivity contribution in [2.75, 3.05) is 24.2 Å². The zero-order valence-electron chi connectivity index (χ0n) is 12.0. The van der Waals surface area contributed by atoms with Crippen LogP contribution < -0.4 is 4.90 Å². The predicted molar refractivity (Wildman–Crippen MR) is 79.2 cm³/mol. The maximum Gasteiger partial charge on any atom is 0.242 e. The second-order valence-electron chi connectivity index (χ2n) is 5.10. The van der Waals surface area contributed by atoms with Gasteiger partial charge < -0.3 is 4.90 Å². The Balaban J connectivity index is 2.18. The van der Waals surface area contributed by atoms with Crippen LogP contribution >= 0.6 is 0 Å². The number of sulfonamides is 1. The van der Waals surface area contributed by atoms with E-state index in [9.17, 15) is 13.2 Å². The van der Waals surface area contributed by atoms with Crippen LogP contribution in [0.2, 0.25) is 0 Å². The van der Waals surface area contributed by atoms with Crippen molar-refractivity contribution in [3.63, 3.8) is 0 Å². The minimum absolute atomic E-state index is 0.00290. The van der Waals surface area contributed by atoms with Crippen LogP contribution in [0.15, 0.2) is 24.3 Å². The fourth-order valence-electron chi connectivity index (χ4n) is 2.53. The number of anilines is 1. The van der Waals surface area contributed by atoms with Crippen molar-refractivity contribution in [2.45, 2.75) is 26.3 Å². The molecule has 0 unspecified atom stereocenters. The Kier molecular flexibility index (Phi) is 4.15.